The van der Waals surface area contributed by atoms with E-state index in [1.54, 1.807) is 0 Å². The summed E-state index contributed by atoms with van der Waals surface area (Å²) in [6.07, 6.45) is -2.72. The predicted octanol–water partition coefficient (Wildman–Crippen LogP) is 4.40. The van der Waals surface area contributed by atoms with E-state index in [1.807, 2.05) is 0 Å². The Morgan fingerprint density at radius 2 is 1.42 bits per heavy atom. The Balaban J connectivity index is 1.97. The number of carbonyl (C=O) groups is 2. The molecule has 0 aliphatic carbocycles. The SMILES string of the molecule is O=C(/C=C\OC(=O)c1ccc(C(F)(F)F)cc1)c1ccc(F)cc1. The van der Waals surface area contributed by atoms with E-state index < -0.39 is 29.3 Å². The second-order valence-electron chi connectivity index (χ2n) is 4.65. The number of allylic oxidation sites excluding steroid dienone is 1. The van der Waals surface area contributed by atoms with Gasteiger partial charge >= 0.3 is 12.1 Å². The lowest BCUT2D eigenvalue weighted by Crippen LogP contribution is -2.06. The van der Waals surface area contributed by atoms with Gasteiger partial charge in [0.2, 0.25) is 0 Å². The lowest BCUT2D eigenvalue weighted by molar-refractivity contribution is -0.137. The first kappa shape index (κ1) is 17.4. The second kappa shape index (κ2) is 7.08. The van der Waals surface area contributed by atoms with Gasteiger partial charge in [-0.1, -0.05) is 0 Å². The molecule has 2 aromatic carbocycles. The van der Waals surface area contributed by atoms with Gasteiger partial charge in [0.05, 0.1) is 17.4 Å². The largest absolute Gasteiger partial charge is 0.431 e. The van der Waals surface area contributed by atoms with Crippen LogP contribution in [-0.2, 0) is 10.9 Å². The van der Waals surface area contributed by atoms with Crippen LogP contribution in [0, 0.1) is 5.82 Å². The van der Waals surface area contributed by atoms with E-state index >= 15 is 0 Å². The third-order valence-corrected chi connectivity index (χ3v) is 2.97. The van der Waals surface area contributed by atoms with Gasteiger partial charge in [0.25, 0.3) is 0 Å². The minimum Gasteiger partial charge on any atom is -0.431 e. The van der Waals surface area contributed by atoms with Crippen molar-refractivity contribution >= 4 is 11.8 Å². The highest BCUT2D eigenvalue weighted by atomic mass is 19.4. The zero-order valence-corrected chi connectivity index (χ0v) is 12.0. The molecule has 0 unspecified atom stereocenters. The lowest BCUT2D eigenvalue weighted by atomic mass is 10.1. The molecule has 2 rings (SSSR count). The summed E-state index contributed by atoms with van der Waals surface area (Å²) >= 11 is 0. The maximum atomic E-state index is 12.7. The summed E-state index contributed by atoms with van der Waals surface area (Å²) in [6, 6.07) is 8.19. The minimum absolute atomic E-state index is 0.0955. The van der Waals surface area contributed by atoms with Crippen molar-refractivity contribution in [3.8, 4) is 0 Å². The normalized spacial score (nSPS) is 11.5. The Hall–Kier alpha value is -2.96. The summed E-state index contributed by atoms with van der Waals surface area (Å²) in [5.41, 5.74) is -0.791. The van der Waals surface area contributed by atoms with Gasteiger partial charge < -0.3 is 4.74 Å². The monoisotopic (exact) mass is 338 g/mol. The fourth-order valence-electron chi connectivity index (χ4n) is 1.73. The maximum Gasteiger partial charge on any atom is 0.416 e. The number of halogens is 4. The first-order valence-electron chi connectivity index (χ1n) is 6.62. The van der Waals surface area contributed by atoms with Gasteiger partial charge in [-0.05, 0) is 48.5 Å². The van der Waals surface area contributed by atoms with Crippen molar-refractivity contribution in [3.05, 3.63) is 83.4 Å². The first-order chi connectivity index (χ1) is 11.3. The van der Waals surface area contributed by atoms with Crippen LogP contribution in [0.2, 0.25) is 0 Å². The van der Waals surface area contributed by atoms with Crippen LogP contribution in [-0.4, -0.2) is 11.8 Å². The summed E-state index contributed by atoms with van der Waals surface area (Å²) in [7, 11) is 0. The molecular formula is C17H10F4O3. The van der Waals surface area contributed by atoms with Crippen LogP contribution in [0.15, 0.2) is 60.9 Å². The van der Waals surface area contributed by atoms with Gasteiger partial charge in [-0.3, -0.25) is 4.79 Å². The van der Waals surface area contributed by atoms with E-state index in [4.69, 9.17) is 0 Å². The number of esters is 1. The quantitative estimate of drug-likeness (QED) is 0.273. The zero-order valence-electron chi connectivity index (χ0n) is 12.0. The number of rotatable bonds is 4. The van der Waals surface area contributed by atoms with Gasteiger partial charge in [0.15, 0.2) is 5.78 Å². The molecule has 0 amide bonds. The van der Waals surface area contributed by atoms with Crippen molar-refractivity contribution in [3.63, 3.8) is 0 Å². The molecule has 0 spiro atoms. The number of ether oxygens (including phenoxy) is 1. The third-order valence-electron chi connectivity index (χ3n) is 2.97. The Bertz CT molecular complexity index is 760. The molecule has 124 valence electrons. The number of carbonyl (C=O) groups excluding carboxylic acids is 2. The highest BCUT2D eigenvalue weighted by Crippen LogP contribution is 2.29. The summed E-state index contributed by atoms with van der Waals surface area (Å²) in [5, 5.41) is 0. The van der Waals surface area contributed by atoms with Crippen molar-refractivity contribution in [1.29, 1.82) is 0 Å². The maximum absolute atomic E-state index is 12.7. The van der Waals surface area contributed by atoms with Crippen molar-refractivity contribution in [2.75, 3.05) is 0 Å². The van der Waals surface area contributed by atoms with Crippen LogP contribution >= 0.6 is 0 Å². The second-order valence-corrected chi connectivity index (χ2v) is 4.65. The van der Waals surface area contributed by atoms with Crippen LogP contribution in [0.1, 0.15) is 26.3 Å². The molecule has 3 nitrogen and oxygen atoms in total. The molecule has 0 heterocycles. The highest BCUT2D eigenvalue weighted by molar-refractivity contribution is 6.04. The molecule has 0 aliphatic rings. The summed E-state index contributed by atoms with van der Waals surface area (Å²) in [5.74, 6) is -1.92. The van der Waals surface area contributed by atoms with Crippen molar-refractivity contribution in [2.24, 2.45) is 0 Å². The van der Waals surface area contributed by atoms with Gasteiger partial charge in [0.1, 0.15) is 5.82 Å². The van der Waals surface area contributed by atoms with E-state index in [9.17, 15) is 27.2 Å². The number of hydrogen-bond donors (Lipinski definition) is 0. The molecule has 0 saturated heterocycles. The Labute approximate surface area is 134 Å². The standard InChI is InChI=1S/C17H10F4O3/c18-14-7-3-11(4-8-14)15(22)9-10-24-16(23)12-1-5-13(6-2-12)17(19,20)21/h1-10H/b10-9-. The minimum atomic E-state index is -4.50. The molecule has 0 N–H and O–H groups in total. The molecule has 0 fully saturated rings. The number of benzene rings is 2. The van der Waals surface area contributed by atoms with E-state index in [2.05, 4.69) is 4.74 Å². The average molecular weight is 338 g/mol. The summed E-state index contributed by atoms with van der Waals surface area (Å²) in [6.45, 7) is 0. The number of ketones is 1. The number of alkyl halides is 3. The number of hydrogen-bond acceptors (Lipinski definition) is 3. The molecular weight excluding hydrogens is 328 g/mol. The van der Waals surface area contributed by atoms with Gasteiger partial charge in [0, 0.05) is 11.6 Å². The molecule has 0 saturated carbocycles. The third kappa shape index (κ3) is 4.52. The fourth-order valence-corrected chi connectivity index (χ4v) is 1.73. The van der Waals surface area contributed by atoms with Crippen LogP contribution in [0.3, 0.4) is 0 Å². The van der Waals surface area contributed by atoms with Crippen LogP contribution < -0.4 is 0 Å². The van der Waals surface area contributed by atoms with Gasteiger partial charge in [-0.15, -0.1) is 0 Å². The van der Waals surface area contributed by atoms with Crippen LogP contribution in [0.5, 0.6) is 0 Å². The molecule has 2 aromatic rings. The topological polar surface area (TPSA) is 43.4 Å². The smallest absolute Gasteiger partial charge is 0.416 e. The van der Waals surface area contributed by atoms with E-state index in [-0.39, 0.29) is 11.1 Å². The Morgan fingerprint density at radius 3 is 1.96 bits per heavy atom. The molecule has 24 heavy (non-hydrogen) atoms. The average Bonchev–Trinajstić information content (AvgIpc) is 2.54. The Morgan fingerprint density at radius 1 is 0.875 bits per heavy atom. The lowest BCUT2D eigenvalue weighted by Gasteiger charge is -2.06. The van der Waals surface area contributed by atoms with Gasteiger partial charge in [-0.2, -0.15) is 13.2 Å². The molecule has 0 aromatic heterocycles. The van der Waals surface area contributed by atoms with Crippen molar-refractivity contribution in [1.82, 2.24) is 0 Å². The van der Waals surface area contributed by atoms with E-state index in [0.29, 0.717) is 0 Å². The van der Waals surface area contributed by atoms with Crippen molar-refractivity contribution in [2.45, 2.75) is 6.18 Å². The zero-order chi connectivity index (χ0) is 17.7. The first-order valence-corrected chi connectivity index (χ1v) is 6.62. The highest BCUT2D eigenvalue weighted by Gasteiger charge is 2.30. The Kier molecular flexibility index (Phi) is 5.13. The van der Waals surface area contributed by atoms with Crippen LogP contribution in [0.4, 0.5) is 17.6 Å². The van der Waals surface area contributed by atoms with Gasteiger partial charge in [-0.25, -0.2) is 9.18 Å². The fraction of sp³-hybridized carbons (Fsp3) is 0.0588. The van der Waals surface area contributed by atoms with E-state index in [0.717, 1.165) is 48.7 Å². The van der Waals surface area contributed by atoms with E-state index in [1.165, 1.54) is 12.1 Å². The summed E-state index contributed by atoms with van der Waals surface area (Å²) in [4.78, 5) is 23.4. The predicted molar refractivity (Wildman–Crippen MR) is 76.7 cm³/mol. The molecule has 7 heteroatoms. The summed E-state index contributed by atoms with van der Waals surface area (Å²) < 4.78 is 54.6. The van der Waals surface area contributed by atoms with Crippen molar-refractivity contribution < 1.29 is 31.9 Å². The molecule has 0 radical (unpaired) electrons. The molecule has 0 aliphatic heterocycles. The molecule has 0 bridgehead atoms. The molecule has 0 atom stereocenters. The van der Waals surface area contributed by atoms with Crippen LogP contribution in [0.25, 0.3) is 0 Å².